The fourth-order valence-electron chi connectivity index (χ4n) is 0.961. The van der Waals surface area contributed by atoms with Crippen LogP contribution in [0.1, 0.15) is 20.3 Å². The molecule has 78 valence electrons. The molecule has 0 saturated carbocycles. The van der Waals surface area contributed by atoms with Crippen LogP contribution in [-0.2, 0) is 0 Å². The second-order valence-corrected chi connectivity index (χ2v) is 3.90. The molecule has 0 fully saturated rings. The quantitative estimate of drug-likeness (QED) is 0.773. The third-order valence-electron chi connectivity index (χ3n) is 1.82. The Morgan fingerprint density at radius 3 is 2.29 bits per heavy atom. The summed E-state index contributed by atoms with van der Waals surface area (Å²) >= 11 is 0. The predicted molar refractivity (Wildman–Crippen MR) is 54.5 cm³/mol. The summed E-state index contributed by atoms with van der Waals surface area (Å²) in [5.74, 6) is 0.923. The highest BCUT2D eigenvalue weighted by Gasteiger charge is 2.11. The van der Waals surface area contributed by atoms with E-state index in [2.05, 4.69) is 0 Å². The number of rotatable bonds is 4. The first-order valence-electron chi connectivity index (χ1n) is 4.61. The molecule has 0 unspecified atom stereocenters. The average Bonchev–Trinajstić information content (AvgIpc) is 2.06. The van der Waals surface area contributed by atoms with Gasteiger partial charge in [0.2, 0.25) is 0 Å². The lowest BCUT2D eigenvalue weighted by Gasteiger charge is -2.16. The Hall–Kier alpha value is -1.22. The molecule has 3 nitrogen and oxygen atoms in total. The maximum absolute atomic E-state index is 9.42. The van der Waals surface area contributed by atoms with E-state index in [1.807, 2.05) is 0 Å². The highest BCUT2D eigenvalue weighted by atomic mass is 16.5. The van der Waals surface area contributed by atoms with Crippen LogP contribution in [0.3, 0.4) is 0 Å². The van der Waals surface area contributed by atoms with E-state index in [0.29, 0.717) is 18.8 Å². The number of aromatic hydroxyl groups is 1. The molecule has 14 heavy (non-hydrogen) atoms. The maximum atomic E-state index is 9.42. The largest absolute Gasteiger partial charge is 0.508 e. The SMILES string of the molecule is CC(C)(O)CCOc1ccc(O)cc1. The molecule has 0 aliphatic carbocycles. The Bertz CT molecular complexity index is 272. The van der Waals surface area contributed by atoms with Crippen LogP contribution in [0.2, 0.25) is 0 Å². The summed E-state index contributed by atoms with van der Waals surface area (Å²) < 4.78 is 5.37. The van der Waals surface area contributed by atoms with E-state index in [9.17, 15) is 5.11 Å². The zero-order valence-corrected chi connectivity index (χ0v) is 8.53. The van der Waals surface area contributed by atoms with Crippen LogP contribution < -0.4 is 4.74 Å². The molecule has 0 radical (unpaired) electrons. The number of hydrogen-bond donors (Lipinski definition) is 2. The van der Waals surface area contributed by atoms with Gasteiger partial charge in [0, 0.05) is 6.42 Å². The second kappa shape index (κ2) is 4.33. The Morgan fingerprint density at radius 2 is 1.79 bits per heavy atom. The lowest BCUT2D eigenvalue weighted by molar-refractivity contribution is 0.0553. The van der Waals surface area contributed by atoms with Gasteiger partial charge in [-0.3, -0.25) is 0 Å². The average molecular weight is 196 g/mol. The van der Waals surface area contributed by atoms with Crippen molar-refractivity contribution in [2.75, 3.05) is 6.61 Å². The molecule has 1 aromatic carbocycles. The summed E-state index contributed by atoms with van der Waals surface area (Å²) in [6.07, 6.45) is 0.577. The van der Waals surface area contributed by atoms with Gasteiger partial charge >= 0.3 is 0 Å². The van der Waals surface area contributed by atoms with E-state index in [4.69, 9.17) is 9.84 Å². The summed E-state index contributed by atoms with van der Waals surface area (Å²) in [5.41, 5.74) is -0.698. The summed E-state index contributed by atoms with van der Waals surface area (Å²) in [5, 5.41) is 18.4. The molecular formula is C11H16O3. The van der Waals surface area contributed by atoms with E-state index in [0.717, 1.165) is 0 Å². The highest BCUT2D eigenvalue weighted by Crippen LogP contribution is 2.17. The smallest absolute Gasteiger partial charge is 0.119 e. The Morgan fingerprint density at radius 1 is 1.21 bits per heavy atom. The first-order chi connectivity index (χ1) is 6.47. The topological polar surface area (TPSA) is 49.7 Å². The number of phenolic OH excluding ortho intramolecular Hbond substituents is 1. The summed E-state index contributed by atoms with van der Waals surface area (Å²) in [6, 6.07) is 6.53. The van der Waals surface area contributed by atoms with Gasteiger partial charge in [-0.1, -0.05) is 0 Å². The van der Waals surface area contributed by atoms with Crippen LogP contribution in [-0.4, -0.2) is 22.4 Å². The van der Waals surface area contributed by atoms with E-state index in [1.165, 1.54) is 0 Å². The van der Waals surface area contributed by atoms with Crippen LogP contribution >= 0.6 is 0 Å². The number of ether oxygens (including phenoxy) is 1. The van der Waals surface area contributed by atoms with Crippen molar-refractivity contribution in [1.29, 1.82) is 0 Å². The lowest BCUT2D eigenvalue weighted by atomic mass is 10.1. The first kappa shape index (κ1) is 10.9. The molecule has 2 N–H and O–H groups in total. The van der Waals surface area contributed by atoms with Gasteiger partial charge in [-0.15, -0.1) is 0 Å². The highest BCUT2D eigenvalue weighted by molar-refractivity contribution is 5.29. The standard InChI is InChI=1S/C11H16O3/c1-11(2,13)7-8-14-10-5-3-9(12)4-6-10/h3-6,12-13H,7-8H2,1-2H3. The predicted octanol–water partition coefficient (Wildman–Crippen LogP) is 1.93. The number of aliphatic hydroxyl groups is 1. The van der Waals surface area contributed by atoms with E-state index < -0.39 is 5.60 Å². The minimum atomic E-state index is -0.698. The van der Waals surface area contributed by atoms with Crippen molar-refractivity contribution in [3.63, 3.8) is 0 Å². The Kier molecular flexibility index (Phi) is 3.36. The molecule has 3 heteroatoms. The van der Waals surface area contributed by atoms with Gasteiger partial charge in [-0.25, -0.2) is 0 Å². The third kappa shape index (κ3) is 4.14. The van der Waals surface area contributed by atoms with Crippen LogP contribution in [0.4, 0.5) is 0 Å². The van der Waals surface area contributed by atoms with Crippen LogP contribution in [0, 0.1) is 0 Å². The summed E-state index contributed by atoms with van der Waals surface area (Å²) in [6.45, 7) is 3.95. The zero-order valence-electron chi connectivity index (χ0n) is 8.53. The number of hydrogen-bond acceptors (Lipinski definition) is 3. The van der Waals surface area contributed by atoms with E-state index in [-0.39, 0.29) is 5.75 Å². The van der Waals surface area contributed by atoms with Gasteiger partial charge in [-0.2, -0.15) is 0 Å². The lowest BCUT2D eigenvalue weighted by Crippen LogP contribution is -2.21. The normalized spacial score (nSPS) is 11.4. The molecule has 0 amide bonds. The Labute approximate surface area is 84.0 Å². The maximum Gasteiger partial charge on any atom is 0.119 e. The van der Waals surface area contributed by atoms with Crippen molar-refractivity contribution >= 4 is 0 Å². The van der Waals surface area contributed by atoms with Gasteiger partial charge < -0.3 is 14.9 Å². The molecule has 0 spiro atoms. The summed E-state index contributed by atoms with van der Waals surface area (Å²) in [4.78, 5) is 0. The molecule has 0 aromatic heterocycles. The van der Waals surface area contributed by atoms with Crippen molar-refractivity contribution < 1.29 is 14.9 Å². The van der Waals surface area contributed by atoms with Crippen molar-refractivity contribution in [3.8, 4) is 11.5 Å². The molecule has 0 atom stereocenters. The van der Waals surface area contributed by atoms with E-state index in [1.54, 1.807) is 38.1 Å². The third-order valence-corrected chi connectivity index (χ3v) is 1.82. The van der Waals surface area contributed by atoms with Crippen molar-refractivity contribution in [2.45, 2.75) is 25.9 Å². The molecular weight excluding hydrogens is 180 g/mol. The van der Waals surface area contributed by atoms with Gasteiger partial charge in [0.05, 0.1) is 12.2 Å². The minimum absolute atomic E-state index is 0.222. The molecule has 0 aliphatic heterocycles. The molecule has 0 saturated heterocycles. The van der Waals surface area contributed by atoms with Crippen LogP contribution in [0.15, 0.2) is 24.3 Å². The van der Waals surface area contributed by atoms with Gasteiger partial charge in [0.1, 0.15) is 11.5 Å². The van der Waals surface area contributed by atoms with Crippen LogP contribution in [0.25, 0.3) is 0 Å². The van der Waals surface area contributed by atoms with Gasteiger partial charge in [0.15, 0.2) is 0 Å². The van der Waals surface area contributed by atoms with Gasteiger partial charge in [-0.05, 0) is 38.1 Å². The monoisotopic (exact) mass is 196 g/mol. The van der Waals surface area contributed by atoms with E-state index >= 15 is 0 Å². The number of benzene rings is 1. The molecule has 0 bridgehead atoms. The fourth-order valence-corrected chi connectivity index (χ4v) is 0.961. The number of phenols is 1. The first-order valence-corrected chi connectivity index (χ1v) is 4.61. The fraction of sp³-hybridized carbons (Fsp3) is 0.455. The molecule has 1 aromatic rings. The van der Waals surface area contributed by atoms with Crippen molar-refractivity contribution in [1.82, 2.24) is 0 Å². The Balaban J connectivity index is 2.35. The second-order valence-electron chi connectivity index (χ2n) is 3.90. The molecule has 1 rings (SSSR count). The van der Waals surface area contributed by atoms with Crippen LogP contribution in [0.5, 0.6) is 11.5 Å². The zero-order chi connectivity index (χ0) is 10.6. The molecule has 0 aliphatic rings. The van der Waals surface area contributed by atoms with Gasteiger partial charge in [0.25, 0.3) is 0 Å². The minimum Gasteiger partial charge on any atom is -0.508 e. The molecule has 0 heterocycles. The summed E-state index contributed by atoms with van der Waals surface area (Å²) in [7, 11) is 0. The van der Waals surface area contributed by atoms with Crippen molar-refractivity contribution in [3.05, 3.63) is 24.3 Å². The van der Waals surface area contributed by atoms with Crippen molar-refractivity contribution in [2.24, 2.45) is 0 Å².